The molecular formula is C9H10N3O. The van der Waals surface area contributed by atoms with Gasteiger partial charge in [0.1, 0.15) is 5.82 Å². The van der Waals surface area contributed by atoms with Crippen molar-refractivity contribution in [2.24, 2.45) is 0 Å². The van der Waals surface area contributed by atoms with Gasteiger partial charge < -0.3 is 4.90 Å². The smallest absolute Gasteiger partial charge is 0.325 e. The number of urea groups is 1. The van der Waals surface area contributed by atoms with Crippen LogP contribution < -0.4 is 4.90 Å². The molecule has 2 rings (SSSR count). The van der Waals surface area contributed by atoms with E-state index in [0.29, 0.717) is 12.4 Å². The zero-order chi connectivity index (χ0) is 9.26. The molecule has 0 unspecified atom stereocenters. The fraction of sp³-hybridized carbons (Fsp3) is 0.333. The highest BCUT2D eigenvalue weighted by Crippen LogP contribution is 2.15. The zero-order valence-corrected chi connectivity index (χ0v) is 7.40. The number of aromatic nitrogens is 1. The average molecular weight is 176 g/mol. The second kappa shape index (κ2) is 3.05. The summed E-state index contributed by atoms with van der Waals surface area (Å²) < 4.78 is 0. The highest BCUT2D eigenvalue weighted by Gasteiger charge is 2.26. The number of hydrogen-bond acceptors (Lipinski definition) is 2. The predicted octanol–water partition coefficient (Wildman–Crippen LogP) is 0.754. The Bertz CT molecular complexity index is 312. The third-order valence-corrected chi connectivity index (χ3v) is 2.09. The molecule has 0 bridgehead atoms. The van der Waals surface area contributed by atoms with Crippen molar-refractivity contribution in [3.63, 3.8) is 0 Å². The summed E-state index contributed by atoms with van der Waals surface area (Å²) >= 11 is 0. The van der Waals surface area contributed by atoms with Crippen LogP contribution in [0.5, 0.6) is 0 Å². The second-order valence-corrected chi connectivity index (χ2v) is 2.98. The van der Waals surface area contributed by atoms with Crippen LogP contribution in [0.15, 0.2) is 18.2 Å². The van der Waals surface area contributed by atoms with Crippen molar-refractivity contribution in [3.8, 4) is 0 Å². The Morgan fingerprint density at radius 1 is 1.54 bits per heavy atom. The van der Waals surface area contributed by atoms with E-state index in [9.17, 15) is 4.79 Å². The number of carbonyl (C=O) groups is 1. The summed E-state index contributed by atoms with van der Waals surface area (Å²) in [6.07, 6.45) is 2.71. The van der Waals surface area contributed by atoms with E-state index in [1.165, 1.54) is 0 Å². The van der Waals surface area contributed by atoms with Gasteiger partial charge in [0.25, 0.3) is 0 Å². The Morgan fingerprint density at radius 3 is 2.92 bits per heavy atom. The minimum absolute atomic E-state index is 0.00657. The molecule has 1 aliphatic rings. The molecule has 0 aliphatic carbocycles. The second-order valence-electron chi connectivity index (χ2n) is 2.98. The van der Waals surface area contributed by atoms with E-state index in [-0.39, 0.29) is 6.03 Å². The van der Waals surface area contributed by atoms with Crippen molar-refractivity contribution in [2.45, 2.75) is 0 Å². The van der Waals surface area contributed by atoms with Crippen LogP contribution in [0.1, 0.15) is 0 Å². The molecule has 67 valence electrons. The number of anilines is 1. The maximum atomic E-state index is 11.5. The van der Waals surface area contributed by atoms with Gasteiger partial charge in [-0.05, 0) is 12.1 Å². The Morgan fingerprint density at radius 2 is 2.38 bits per heavy atom. The highest BCUT2D eigenvalue weighted by atomic mass is 16.2. The summed E-state index contributed by atoms with van der Waals surface area (Å²) in [4.78, 5) is 18.8. The van der Waals surface area contributed by atoms with Crippen molar-refractivity contribution in [3.05, 3.63) is 24.4 Å². The van der Waals surface area contributed by atoms with Crippen LogP contribution in [0.2, 0.25) is 0 Å². The minimum Gasteiger partial charge on any atom is -0.326 e. The summed E-state index contributed by atoms with van der Waals surface area (Å²) in [6, 6.07) is 5.36. The fourth-order valence-electron chi connectivity index (χ4n) is 1.33. The fourth-order valence-corrected chi connectivity index (χ4v) is 1.33. The largest absolute Gasteiger partial charge is 0.326 e. The van der Waals surface area contributed by atoms with Gasteiger partial charge in [-0.25, -0.2) is 9.78 Å². The quantitative estimate of drug-likeness (QED) is 0.633. The van der Waals surface area contributed by atoms with Gasteiger partial charge in [-0.15, -0.1) is 0 Å². The lowest BCUT2D eigenvalue weighted by atomic mass is 10.4. The molecule has 2 heterocycles. The molecule has 13 heavy (non-hydrogen) atoms. The lowest BCUT2D eigenvalue weighted by Gasteiger charge is -2.13. The molecule has 2 amide bonds. The highest BCUT2D eigenvalue weighted by molar-refractivity contribution is 5.92. The Kier molecular flexibility index (Phi) is 1.88. The standard InChI is InChI=1S/C9H10N3O/c1-11-6-7-12(9(11)13)8-4-2-3-5-10-8/h2-4H,6-7H2,1H3. The van der Waals surface area contributed by atoms with Crippen molar-refractivity contribution >= 4 is 11.8 Å². The maximum absolute atomic E-state index is 11.5. The van der Waals surface area contributed by atoms with E-state index >= 15 is 0 Å². The first kappa shape index (κ1) is 8.04. The van der Waals surface area contributed by atoms with Crippen LogP contribution in [0.3, 0.4) is 0 Å². The van der Waals surface area contributed by atoms with Gasteiger partial charge >= 0.3 is 6.03 Å². The van der Waals surface area contributed by atoms with Crippen LogP contribution in [0.25, 0.3) is 0 Å². The molecule has 1 fully saturated rings. The first-order valence-electron chi connectivity index (χ1n) is 4.15. The van der Waals surface area contributed by atoms with E-state index in [1.54, 1.807) is 22.9 Å². The Hall–Kier alpha value is -1.58. The summed E-state index contributed by atoms with van der Waals surface area (Å²) in [5.74, 6) is 0.678. The molecule has 1 aromatic heterocycles. The topological polar surface area (TPSA) is 36.4 Å². The molecule has 0 N–H and O–H groups in total. The van der Waals surface area contributed by atoms with Crippen LogP contribution in [-0.2, 0) is 0 Å². The van der Waals surface area contributed by atoms with E-state index < -0.39 is 0 Å². The monoisotopic (exact) mass is 176 g/mol. The first-order valence-corrected chi connectivity index (χ1v) is 4.15. The lowest BCUT2D eigenvalue weighted by Crippen LogP contribution is -2.29. The predicted molar refractivity (Wildman–Crippen MR) is 48.4 cm³/mol. The maximum Gasteiger partial charge on any atom is 0.325 e. The van der Waals surface area contributed by atoms with E-state index in [2.05, 4.69) is 11.2 Å². The van der Waals surface area contributed by atoms with E-state index in [4.69, 9.17) is 0 Å². The van der Waals surface area contributed by atoms with Crippen LogP contribution in [0.4, 0.5) is 10.6 Å². The van der Waals surface area contributed by atoms with Crippen molar-refractivity contribution in [1.82, 2.24) is 9.88 Å². The van der Waals surface area contributed by atoms with Gasteiger partial charge in [-0.3, -0.25) is 4.90 Å². The summed E-state index contributed by atoms with van der Waals surface area (Å²) in [5, 5.41) is 0. The Balaban J connectivity index is 2.24. The van der Waals surface area contributed by atoms with Gasteiger partial charge in [0, 0.05) is 20.1 Å². The molecule has 1 radical (unpaired) electrons. The molecule has 4 heteroatoms. The molecule has 0 aromatic carbocycles. The molecule has 0 atom stereocenters. The van der Waals surface area contributed by atoms with Gasteiger partial charge in [0.15, 0.2) is 0 Å². The third-order valence-electron chi connectivity index (χ3n) is 2.09. The molecular weight excluding hydrogens is 166 g/mol. The number of nitrogens with zero attached hydrogens (tertiary/aromatic N) is 3. The van der Waals surface area contributed by atoms with E-state index in [1.807, 2.05) is 12.1 Å². The number of amides is 2. The van der Waals surface area contributed by atoms with Crippen molar-refractivity contribution < 1.29 is 4.79 Å². The molecule has 1 saturated heterocycles. The van der Waals surface area contributed by atoms with Crippen LogP contribution in [0, 0.1) is 6.20 Å². The summed E-state index contributed by atoms with van der Waals surface area (Å²) in [6.45, 7) is 1.47. The number of carbonyl (C=O) groups excluding carboxylic acids is 1. The number of rotatable bonds is 1. The van der Waals surface area contributed by atoms with Gasteiger partial charge in [0.2, 0.25) is 0 Å². The lowest BCUT2D eigenvalue weighted by molar-refractivity contribution is 0.229. The molecule has 4 nitrogen and oxygen atoms in total. The number of hydrogen-bond donors (Lipinski definition) is 0. The van der Waals surface area contributed by atoms with Crippen LogP contribution >= 0.6 is 0 Å². The van der Waals surface area contributed by atoms with Gasteiger partial charge in [-0.1, -0.05) is 6.07 Å². The van der Waals surface area contributed by atoms with E-state index in [0.717, 1.165) is 6.54 Å². The molecule has 0 spiro atoms. The third kappa shape index (κ3) is 1.35. The zero-order valence-electron chi connectivity index (χ0n) is 7.40. The van der Waals surface area contributed by atoms with Crippen LogP contribution in [-0.4, -0.2) is 36.1 Å². The SMILES string of the molecule is CN1CCN(c2ccc[c]n2)C1=O. The average Bonchev–Trinajstić information content (AvgIpc) is 2.49. The summed E-state index contributed by atoms with van der Waals surface area (Å²) in [7, 11) is 1.79. The molecule has 1 aromatic rings. The summed E-state index contributed by atoms with van der Waals surface area (Å²) in [5.41, 5.74) is 0. The number of likely N-dealkylation sites (N-methyl/N-ethyl adjacent to an activating group) is 1. The normalized spacial score (nSPS) is 16.8. The Labute approximate surface area is 76.8 Å². The van der Waals surface area contributed by atoms with Gasteiger partial charge in [0.05, 0.1) is 6.20 Å². The first-order chi connectivity index (χ1) is 6.29. The van der Waals surface area contributed by atoms with Crippen molar-refractivity contribution in [1.29, 1.82) is 0 Å². The molecule has 0 saturated carbocycles. The van der Waals surface area contributed by atoms with Gasteiger partial charge in [-0.2, -0.15) is 0 Å². The minimum atomic E-state index is 0.00657. The number of pyridine rings is 1. The van der Waals surface area contributed by atoms with Crippen molar-refractivity contribution in [2.75, 3.05) is 25.0 Å². The molecule has 1 aliphatic heterocycles.